The average Bonchev–Trinajstić information content (AvgIpc) is 0.740. The number of ketones is 2. The van der Waals surface area contributed by atoms with Crippen LogP contribution in [0.15, 0.2) is 400 Å². The predicted octanol–water partition coefficient (Wildman–Crippen LogP) is 20.4. The summed E-state index contributed by atoms with van der Waals surface area (Å²) in [4.78, 5) is 47.3. The molecule has 558 valence electrons. The number of carbonyl (C=O) groups is 2. The number of benzene rings is 15. The molecule has 0 fully saturated rings. The van der Waals surface area contributed by atoms with E-state index >= 15 is 0 Å². The minimum absolute atomic E-state index is 0.00445. The molecular weight excluding hydrogens is 1560 g/mol. The number of fused-ring (bicyclic) bond motifs is 12. The second-order valence-corrected chi connectivity index (χ2v) is 38.1. The van der Waals surface area contributed by atoms with Gasteiger partial charge < -0.3 is 14.7 Å². The van der Waals surface area contributed by atoms with E-state index < -0.39 is 49.2 Å². The maximum atomic E-state index is 13.5. The van der Waals surface area contributed by atoms with E-state index in [0.29, 0.717) is 61.9 Å². The molecule has 0 aliphatic carbocycles. The predicted molar refractivity (Wildman–Crippen MR) is 446 cm³/mol. The smallest absolute Gasteiger partial charge is 0.210 e. The van der Waals surface area contributed by atoms with Gasteiger partial charge in [0.2, 0.25) is 49.2 Å². The summed E-state index contributed by atoms with van der Waals surface area (Å²) in [5, 5.41) is 1.40. The summed E-state index contributed by atoms with van der Waals surface area (Å²) in [7, 11) is -18.8. The second-order valence-electron chi connectivity index (χ2n) is 27.6. The van der Waals surface area contributed by atoms with Crippen molar-refractivity contribution in [1.29, 1.82) is 0 Å². The number of carbonyl (C=O) groups excluding carboxylic acids is 2. The van der Waals surface area contributed by atoms with Gasteiger partial charge in [-0.1, -0.05) is 176 Å². The van der Waals surface area contributed by atoms with Crippen molar-refractivity contribution in [3.63, 3.8) is 0 Å². The molecule has 0 saturated carbocycles. The van der Waals surface area contributed by atoms with Crippen LogP contribution in [0.2, 0.25) is 0 Å². The maximum absolute atomic E-state index is 13.5. The van der Waals surface area contributed by atoms with Gasteiger partial charge in [0.25, 0.3) is 0 Å². The second kappa shape index (κ2) is 27.2. The summed E-state index contributed by atoms with van der Waals surface area (Å²) in [6, 6.07) is 100. The van der Waals surface area contributed by atoms with Gasteiger partial charge in [-0.15, -0.1) is 11.3 Å². The Morgan fingerprint density at radius 3 is 0.930 bits per heavy atom. The molecule has 0 bridgehead atoms. The largest absolute Gasteiger partial charge is 0.308 e. The first-order valence-electron chi connectivity index (χ1n) is 36.1. The number of para-hydroxylation sites is 8. The first kappa shape index (κ1) is 72.0. The van der Waals surface area contributed by atoms with Crippen molar-refractivity contribution in [2.75, 3.05) is 14.7 Å². The maximum Gasteiger partial charge on any atom is 0.210 e. The van der Waals surface area contributed by atoms with E-state index in [1.807, 2.05) is 154 Å². The van der Waals surface area contributed by atoms with Crippen molar-refractivity contribution in [1.82, 2.24) is 0 Å². The molecule has 22 heteroatoms. The fourth-order valence-electron chi connectivity index (χ4n) is 15.9. The Kier molecular flexibility index (Phi) is 17.0. The van der Waals surface area contributed by atoms with Crippen LogP contribution in [0.25, 0.3) is 53.6 Å². The summed E-state index contributed by atoms with van der Waals surface area (Å²) in [6.07, 6.45) is 0. The Morgan fingerprint density at radius 2 is 0.496 bits per heavy atom. The average molecular weight is 1620 g/mol. The third-order valence-electron chi connectivity index (χ3n) is 21.2. The highest BCUT2D eigenvalue weighted by Crippen LogP contribution is 2.54. The number of rotatable bonds is 6. The lowest BCUT2D eigenvalue weighted by Gasteiger charge is -2.34. The summed E-state index contributed by atoms with van der Waals surface area (Å²) in [5.41, 5.74) is 10.7. The first-order chi connectivity index (χ1) is 55.6. The van der Waals surface area contributed by atoms with Gasteiger partial charge in [0.05, 0.1) is 94.5 Å². The van der Waals surface area contributed by atoms with Crippen LogP contribution in [-0.4, -0.2) is 53.7 Å². The van der Waals surface area contributed by atoms with Crippen LogP contribution in [0, 0.1) is 0 Å². The molecule has 0 saturated heterocycles. The van der Waals surface area contributed by atoms with Crippen LogP contribution < -0.4 is 20.1 Å². The van der Waals surface area contributed by atoms with Crippen LogP contribution in [0.3, 0.4) is 0 Å². The number of sulfone groups is 5. The van der Waals surface area contributed by atoms with E-state index in [1.54, 1.807) is 181 Å². The lowest BCUT2D eigenvalue weighted by atomic mass is 9.96. The van der Waals surface area contributed by atoms with Gasteiger partial charge in [-0.05, 0) is 192 Å². The minimum Gasteiger partial charge on any atom is -0.308 e. The van der Waals surface area contributed by atoms with Crippen molar-refractivity contribution >= 4 is 143 Å². The molecule has 16 nitrogen and oxygen atoms in total. The molecule has 0 amide bonds. The standard InChI is InChI=1S/2C31H19NO5S2.C31H19NO3S2/c33-31-23-10-1-4-13-27(23)38(34,35)28-17-16-21(19-24(28)31)20-8-7-9-22(18-20)32-25-11-2-5-14-29(25)39(36,37)30-15-6-3-12-26(30)32;33-31-22-10-2-6-14-27(22)38(34,35)28-18-17-20(19-23(28)31)21-9-1-3-11-24(21)32-25-12-4-7-15-29(25)39(36,37)30-16-8-5-13-26(30)32;33-31-22-10-2-6-14-27(22)36-28-18-17-20(19-23(28)31)21-9-1-3-11-24(21)32-25-12-4-7-15-29(25)37(34,35)30-16-8-5-13-26(30)32/h2*1-19H;1-19H. The van der Waals surface area contributed by atoms with E-state index in [2.05, 4.69) is 0 Å². The summed E-state index contributed by atoms with van der Waals surface area (Å²) in [6.45, 7) is 0. The molecule has 15 aromatic carbocycles. The molecular formula is C93H57N3O13S6. The van der Waals surface area contributed by atoms with Crippen LogP contribution in [0.4, 0.5) is 51.2 Å². The van der Waals surface area contributed by atoms with Crippen molar-refractivity contribution in [3.05, 3.63) is 378 Å². The van der Waals surface area contributed by atoms with Crippen molar-refractivity contribution < 1.29 is 51.7 Å². The van der Waals surface area contributed by atoms with Gasteiger partial charge >= 0.3 is 0 Å². The summed E-state index contributed by atoms with van der Waals surface area (Å²) < 4.78 is 136. The van der Waals surface area contributed by atoms with Crippen LogP contribution in [0.5, 0.6) is 0 Å². The number of anilines is 9. The van der Waals surface area contributed by atoms with Crippen molar-refractivity contribution in [2.45, 2.75) is 49.0 Å². The van der Waals surface area contributed by atoms with Crippen molar-refractivity contribution in [2.24, 2.45) is 0 Å². The Balaban J connectivity index is 0.000000115. The fourth-order valence-corrected chi connectivity index (χ4v) is 25.1. The SMILES string of the molecule is O=C1c2ccccc2S(=O)(=O)c2ccc(-c3cccc(N4c5ccccc5S(=O)(=O)c5ccccc54)c3)cc21.O=C1c2ccccc2S(=O)(=O)c2ccc(-c3ccccc3N3c4ccccc4S(=O)(=O)c4ccccc43)cc21.O=c1c2ccccc2sc2ccc(-c3ccccc3N3c4ccccc4S(=O)(=O)c4ccccc43)cc12. The molecule has 0 unspecified atom stereocenters. The van der Waals surface area contributed by atoms with Gasteiger partial charge in [-0.25, -0.2) is 42.1 Å². The molecule has 5 aliphatic rings. The van der Waals surface area contributed by atoms with Gasteiger partial charge in [0, 0.05) is 59.2 Å². The summed E-state index contributed by atoms with van der Waals surface area (Å²) in [5.74, 6) is -0.688. The lowest BCUT2D eigenvalue weighted by molar-refractivity contribution is 0.102. The Bertz CT molecular complexity index is 7480. The lowest BCUT2D eigenvalue weighted by Crippen LogP contribution is -2.22. The molecule has 21 rings (SSSR count). The summed E-state index contributed by atoms with van der Waals surface area (Å²) >= 11 is 1.61. The topological polar surface area (TPSA) is 232 Å². The zero-order valence-corrected chi connectivity index (χ0v) is 64.9. The Labute approximate surface area is 665 Å². The number of hydrogen-bond donors (Lipinski definition) is 0. The van der Waals surface area contributed by atoms with Gasteiger partial charge in [0.15, 0.2) is 17.0 Å². The Hall–Kier alpha value is -13.3. The zero-order valence-electron chi connectivity index (χ0n) is 60.0. The normalized spacial score (nSPS) is 15.3. The molecule has 0 N–H and O–H groups in total. The van der Waals surface area contributed by atoms with E-state index in [-0.39, 0.29) is 88.2 Å². The molecule has 5 aliphatic heterocycles. The third kappa shape index (κ3) is 11.4. The number of nitrogens with zero attached hydrogens (tertiary/aromatic N) is 3. The molecule has 0 atom stereocenters. The first-order valence-corrected chi connectivity index (χ1v) is 44.4. The van der Waals surface area contributed by atoms with Crippen LogP contribution in [-0.2, 0) is 49.2 Å². The van der Waals surface area contributed by atoms with E-state index in [9.17, 15) is 56.5 Å². The molecule has 0 spiro atoms. The van der Waals surface area contributed by atoms with E-state index in [0.717, 1.165) is 42.9 Å². The zero-order chi connectivity index (χ0) is 79.0. The van der Waals surface area contributed by atoms with Gasteiger partial charge in [-0.3, -0.25) is 14.4 Å². The van der Waals surface area contributed by atoms with Gasteiger partial charge in [-0.2, -0.15) is 0 Å². The molecule has 1 aromatic heterocycles. The number of hydrogen-bond acceptors (Lipinski definition) is 17. The van der Waals surface area contributed by atoms with E-state index in [1.165, 1.54) is 36.4 Å². The van der Waals surface area contributed by atoms with Crippen LogP contribution >= 0.6 is 11.3 Å². The quantitative estimate of drug-likeness (QED) is 0.141. The minimum atomic E-state index is -3.85. The molecule has 6 heterocycles. The van der Waals surface area contributed by atoms with Crippen molar-refractivity contribution in [3.8, 4) is 33.4 Å². The fraction of sp³-hybridized carbons (Fsp3) is 0. The van der Waals surface area contributed by atoms with Crippen LogP contribution in [0.1, 0.15) is 31.8 Å². The molecule has 16 aromatic rings. The monoisotopic (exact) mass is 1620 g/mol. The molecule has 115 heavy (non-hydrogen) atoms. The highest BCUT2D eigenvalue weighted by atomic mass is 32.2. The molecule has 0 radical (unpaired) electrons. The van der Waals surface area contributed by atoms with E-state index in [4.69, 9.17) is 0 Å². The third-order valence-corrected chi connectivity index (χ3v) is 31.6. The Morgan fingerprint density at radius 1 is 0.200 bits per heavy atom. The highest BCUT2D eigenvalue weighted by molar-refractivity contribution is 7.93. The van der Waals surface area contributed by atoms with Gasteiger partial charge in [0.1, 0.15) is 0 Å². The highest BCUT2D eigenvalue weighted by Gasteiger charge is 2.41.